The minimum Gasteiger partial charge on any atom is -0.355 e. The maximum Gasteiger partial charge on any atom is 0.256 e. The summed E-state index contributed by atoms with van der Waals surface area (Å²) in [4.78, 5) is 28.2. The normalized spacial score (nSPS) is 14.3. The van der Waals surface area contributed by atoms with Gasteiger partial charge in [-0.25, -0.2) is 0 Å². The molecule has 0 radical (unpaired) electrons. The highest BCUT2D eigenvalue weighted by Gasteiger charge is 2.16. The first-order valence-corrected chi connectivity index (χ1v) is 12.5. The van der Waals surface area contributed by atoms with E-state index in [-0.39, 0.29) is 11.8 Å². The van der Waals surface area contributed by atoms with Crippen LogP contribution in [0, 0.1) is 5.92 Å². The quantitative estimate of drug-likeness (QED) is 0.506. The summed E-state index contributed by atoms with van der Waals surface area (Å²) < 4.78 is 0. The van der Waals surface area contributed by atoms with E-state index in [4.69, 9.17) is 0 Å². The highest BCUT2D eigenvalue weighted by Crippen LogP contribution is 2.25. The van der Waals surface area contributed by atoms with E-state index >= 15 is 0 Å². The fraction of sp³-hybridized carbons (Fsp3) is 0.462. The van der Waals surface area contributed by atoms with Gasteiger partial charge in [0.05, 0.1) is 11.3 Å². The van der Waals surface area contributed by atoms with E-state index in [0.29, 0.717) is 17.2 Å². The molecular weight excluding hydrogens is 418 g/mol. The van der Waals surface area contributed by atoms with Crippen LogP contribution < -0.4 is 10.6 Å². The Hall–Kier alpha value is -2.31. The predicted octanol–water partition coefficient (Wildman–Crippen LogP) is 4.83. The predicted molar refractivity (Wildman–Crippen MR) is 133 cm³/mol. The number of nitrogens with zero attached hydrogens (tertiary/aromatic N) is 1. The van der Waals surface area contributed by atoms with Crippen molar-refractivity contribution in [2.75, 3.05) is 38.3 Å². The smallest absolute Gasteiger partial charge is 0.256 e. The summed E-state index contributed by atoms with van der Waals surface area (Å²) in [6.45, 7) is 1.76. The van der Waals surface area contributed by atoms with E-state index in [1.807, 2.05) is 36.4 Å². The highest BCUT2D eigenvalue weighted by atomic mass is 32.2. The van der Waals surface area contributed by atoms with Gasteiger partial charge >= 0.3 is 0 Å². The molecule has 0 atom stereocenters. The molecule has 1 fully saturated rings. The number of thioether (sulfide) groups is 1. The van der Waals surface area contributed by atoms with Gasteiger partial charge in [0.25, 0.3) is 5.91 Å². The van der Waals surface area contributed by atoms with Gasteiger partial charge < -0.3 is 15.5 Å². The molecule has 0 bridgehead atoms. The van der Waals surface area contributed by atoms with Crippen molar-refractivity contribution in [3.63, 3.8) is 0 Å². The lowest BCUT2D eigenvalue weighted by atomic mass is 9.89. The lowest BCUT2D eigenvalue weighted by Gasteiger charge is -2.21. The second kappa shape index (κ2) is 12.7. The summed E-state index contributed by atoms with van der Waals surface area (Å²) in [5, 5.41) is 6.05. The molecule has 2 amide bonds. The SMILES string of the molecule is CN(C)CCc1ccc(NC(=O)c2ccccc2SCC(=O)NCC2CCCCC2)cc1. The molecule has 5 nitrogen and oxygen atoms in total. The Morgan fingerprint density at radius 3 is 2.44 bits per heavy atom. The van der Waals surface area contributed by atoms with Gasteiger partial charge in [-0.3, -0.25) is 9.59 Å². The molecule has 0 saturated heterocycles. The number of benzene rings is 2. The molecule has 172 valence electrons. The van der Waals surface area contributed by atoms with Crippen molar-refractivity contribution in [3.8, 4) is 0 Å². The average molecular weight is 454 g/mol. The van der Waals surface area contributed by atoms with Gasteiger partial charge in [0.1, 0.15) is 0 Å². The monoisotopic (exact) mass is 453 g/mol. The second-order valence-corrected chi connectivity index (χ2v) is 9.81. The molecule has 2 N–H and O–H groups in total. The summed E-state index contributed by atoms with van der Waals surface area (Å²) in [5.74, 6) is 0.809. The average Bonchev–Trinajstić information content (AvgIpc) is 2.81. The molecule has 2 aromatic rings. The first-order chi connectivity index (χ1) is 15.5. The largest absolute Gasteiger partial charge is 0.355 e. The Labute approximate surface area is 196 Å². The molecule has 3 rings (SSSR count). The zero-order chi connectivity index (χ0) is 22.8. The lowest BCUT2D eigenvalue weighted by Crippen LogP contribution is -2.31. The van der Waals surface area contributed by atoms with Crippen molar-refractivity contribution in [1.82, 2.24) is 10.2 Å². The van der Waals surface area contributed by atoms with E-state index in [2.05, 4.69) is 41.8 Å². The van der Waals surface area contributed by atoms with Gasteiger partial charge in [0.15, 0.2) is 0 Å². The number of amides is 2. The van der Waals surface area contributed by atoms with Gasteiger partial charge in [-0.2, -0.15) is 0 Å². The van der Waals surface area contributed by atoms with Crippen LogP contribution in [-0.2, 0) is 11.2 Å². The van der Waals surface area contributed by atoms with Crippen molar-refractivity contribution < 1.29 is 9.59 Å². The van der Waals surface area contributed by atoms with E-state index in [9.17, 15) is 9.59 Å². The van der Waals surface area contributed by atoms with Crippen LogP contribution >= 0.6 is 11.8 Å². The maximum absolute atomic E-state index is 12.9. The van der Waals surface area contributed by atoms with Crippen molar-refractivity contribution >= 4 is 29.3 Å². The Balaban J connectivity index is 1.51. The Morgan fingerprint density at radius 2 is 1.72 bits per heavy atom. The lowest BCUT2D eigenvalue weighted by molar-refractivity contribution is -0.118. The number of hydrogen-bond acceptors (Lipinski definition) is 4. The molecule has 1 aliphatic carbocycles. The molecule has 1 saturated carbocycles. The molecule has 1 aliphatic rings. The minimum absolute atomic E-state index is 0.0316. The van der Waals surface area contributed by atoms with E-state index < -0.39 is 0 Å². The Bertz CT molecular complexity index is 877. The Kier molecular flexibility index (Phi) is 9.62. The summed E-state index contributed by atoms with van der Waals surface area (Å²) in [7, 11) is 4.12. The van der Waals surface area contributed by atoms with Crippen LogP contribution in [0.25, 0.3) is 0 Å². The maximum atomic E-state index is 12.9. The van der Waals surface area contributed by atoms with Crippen molar-refractivity contribution in [2.45, 2.75) is 43.4 Å². The molecule has 6 heteroatoms. The zero-order valence-electron chi connectivity index (χ0n) is 19.2. The molecule has 32 heavy (non-hydrogen) atoms. The zero-order valence-corrected chi connectivity index (χ0v) is 20.0. The molecule has 0 heterocycles. The number of hydrogen-bond donors (Lipinski definition) is 2. The van der Waals surface area contributed by atoms with Crippen LogP contribution in [0.4, 0.5) is 5.69 Å². The minimum atomic E-state index is -0.156. The van der Waals surface area contributed by atoms with Crippen LogP contribution in [0.15, 0.2) is 53.4 Å². The van der Waals surface area contributed by atoms with Crippen LogP contribution in [-0.4, -0.2) is 49.7 Å². The standard InChI is InChI=1S/C26H35N3O2S/c1-29(2)17-16-20-12-14-22(15-13-20)28-26(31)23-10-6-7-11-24(23)32-19-25(30)27-18-21-8-4-3-5-9-21/h6-7,10-15,21H,3-5,8-9,16-19H2,1-2H3,(H,27,30)(H,28,31). The van der Waals surface area contributed by atoms with Gasteiger partial charge in [-0.1, -0.05) is 43.5 Å². The third kappa shape index (κ3) is 7.99. The molecular formula is C26H35N3O2S. The second-order valence-electron chi connectivity index (χ2n) is 8.80. The van der Waals surface area contributed by atoms with E-state index in [1.54, 1.807) is 0 Å². The molecule has 0 aromatic heterocycles. The topological polar surface area (TPSA) is 61.4 Å². The summed E-state index contributed by atoms with van der Waals surface area (Å²) >= 11 is 1.41. The van der Waals surface area contributed by atoms with E-state index in [1.165, 1.54) is 49.4 Å². The first-order valence-electron chi connectivity index (χ1n) is 11.5. The third-order valence-corrected chi connectivity index (χ3v) is 6.94. The Morgan fingerprint density at radius 1 is 1.00 bits per heavy atom. The first kappa shape index (κ1) is 24.3. The van der Waals surface area contributed by atoms with Gasteiger partial charge in [-0.15, -0.1) is 11.8 Å². The fourth-order valence-electron chi connectivity index (χ4n) is 3.93. The molecule has 0 aliphatic heterocycles. The van der Waals surface area contributed by atoms with Gasteiger partial charge in [-0.05, 0) is 69.1 Å². The molecule has 0 spiro atoms. The number of anilines is 1. The fourth-order valence-corrected chi connectivity index (χ4v) is 4.81. The molecule has 2 aromatic carbocycles. The molecule has 0 unspecified atom stereocenters. The van der Waals surface area contributed by atoms with Gasteiger partial charge in [0, 0.05) is 23.7 Å². The number of likely N-dealkylation sites (N-methyl/N-ethyl adjacent to an activating group) is 1. The van der Waals surface area contributed by atoms with Crippen molar-refractivity contribution in [2.24, 2.45) is 5.92 Å². The summed E-state index contributed by atoms with van der Waals surface area (Å²) in [6.07, 6.45) is 7.27. The van der Waals surface area contributed by atoms with Crippen LogP contribution in [0.3, 0.4) is 0 Å². The van der Waals surface area contributed by atoms with Crippen LogP contribution in [0.5, 0.6) is 0 Å². The number of carbonyl (C=O) groups excluding carboxylic acids is 2. The number of carbonyl (C=O) groups is 2. The third-order valence-electron chi connectivity index (χ3n) is 5.86. The van der Waals surface area contributed by atoms with Crippen molar-refractivity contribution in [1.29, 1.82) is 0 Å². The number of nitrogens with one attached hydrogen (secondary N) is 2. The van der Waals surface area contributed by atoms with E-state index in [0.717, 1.165) is 30.1 Å². The summed E-state index contributed by atoms with van der Waals surface area (Å²) in [5.41, 5.74) is 2.61. The van der Waals surface area contributed by atoms with Crippen LogP contribution in [0.2, 0.25) is 0 Å². The van der Waals surface area contributed by atoms with Gasteiger partial charge in [0.2, 0.25) is 5.91 Å². The summed E-state index contributed by atoms with van der Waals surface area (Å²) in [6, 6.07) is 15.5. The van der Waals surface area contributed by atoms with Crippen molar-refractivity contribution in [3.05, 3.63) is 59.7 Å². The van der Waals surface area contributed by atoms with Crippen LogP contribution in [0.1, 0.15) is 48.0 Å². The highest BCUT2D eigenvalue weighted by molar-refractivity contribution is 8.00. The number of rotatable bonds is 10.